The summed E-state index contributed by atoms with van der Waals surface area (Å²) in [7, 11) is 0. The van der Waals surface area contributed by atoms with Gasteiger partial charge in [0.05, 0.1) is 4.20 Å². The first-order valence-corrected chi connectivity index (χ1v) is 4.25. The Kier molecular flexibility index (Phi) is 5.28. The normalized spacial score (nSPS) is 12.2. The van der Waals surface area contributed by atoms with Crippen molar-refractivity contribution < 1.29 is 14.3 Å². The molecule has 0 heterocycles. The van der Waals surface area contributed by atoms with Crippen LogP contribution in [0.3, 0.4) is 0 Å². The number of ether oxygens (including phenoxy) is 1. The van der Waals surface area contributed by atoms with Crippen molar-refractivity contribution >= 4 is 40.6 Å². The lowest BCUT2D eigenvalue weighted by molar-refractivity contribution is -0.139. The Morgan fingerprint density at radius 3 is 2.33 bits per heavy atom. The molecule has 0 saturated carbocycles. The molecule has 0 aliphatic heterocycles. The highest BCUT2D eigenvalue weighted by atomic mass is 32.1. The number of Topliss-reactive ketones (excluding diaryl/α,β-unsaturated/α-hetero) is 2. The highest BCUT2D eigenvalue weighted by Gasteiger charge is 2.24. The van der Waals surface area contributed by atoms with E-state index < -0.39 is 17.7 Å². The van der Waals surface area contributed by atoms with Crippen molar-refractivity contribution in [3.8, 4) is 0 Å². The van der Waals surface area contributed by atoms with Crippen molar-refractivity contribution in [2.45, 2.75) is 20.0 Å². The summed E-state index contributed by atoms with van der Waals surface area (Å²) in [6, 6.07) is 0. The van der Waals surface area contributed by atoms with Gasteiger partial charge in [-0.05, 0) is 6.92 Å². The molecular formula is C7H10O3S2. The lowest BCUT2D eigenvalue weighted by atomic mass is 10.2. The van der Waals surface area contributed by atoms with E-state index in [2.05, 4.69) is 24.8 Å². The number of thiocarbonyl (C=S) groups is 1. The Labute approximate surface area is 81.9 Å². The van der Waals surface area contributed by atoms with Gasteiger partial charge in [0.15, 0.2) is 11.9 Å². The maximum absolute atomic E-state index is 11.1. The van der Waals surface area contributed by atoms with Gasteiger partial charge in [-0.1, -0.05) is 12.2 Å². The summed E-state index contributed by atoms with van der Waals surface area (Å²) in [4.78, 5) is 21.7. The minimum Gasteiger partial charge on any atom is -0.364 e. The number of carbonyl (C=O) groups excluding carboxylic acids is 2. The van der Waals surface area contributed by atoms with Gasteiger partial charge in [0.1, 0.15) is 0 Å². The first-order chi connectivity index (χ1) is 5.50. The van der Waals surface area contributed by atoms with E-state index in [0.717, 1.165) is 0 Å². The molecule has 0 aliphatic carbocycles. The second kappa shape index (κ2) is 5.40. The van der Waals surface area contributed by atoms with E-state index in [9.17, 15) is 9.59 Å². The molecule has 3 nitrogen and oxygen atoms in total. The summed E-state index contributed by atoms with van der Waals surface area (Å²) in [5, 5.41) is 0. The number of rotatable bonds is 5. The van der Waals surface area contributed by atoms with Crippen molar-refractivity contribution in [3.05, 3.63) is 0 Å². The first-order valence-electron chi connectivity index (χ1n) is 3.39. The van der Waals surface area contributed by atoms with E-state index in [4.69, 9.17) is 4.74 Å². The Bertz CT molecular complexity index is 213. The average molecular weight is 206 g/mol. The third-order valence-electron chi connectivity index (χ3n) is 1.14. The number of thiol groups is 1. The maximum atomic E-state index is 11.1. The van der Waals surface area contributed by atoms with Crippen LogP contribution in [-0.4, -0.2) is 28.5 Å². The van der Waals surface area contributed by atoms with Gasteiger partial charge in [-0.2, -0.15) is 0 Å². The molecule has 0 aromatic rings. The summed E-state index contributed by atoms with van der Waals surface area (Å²) < 4.78 is 5.03. The quantitative estimate of drug-likeness (QED) is 0.410. The van der Waals surface area contributed by atoms with Crippen LogP contribution in [0.25, 0.3) is 0 Å². The van der Waals surface area contributed by atoms with Gasteiger partial charge in [-0.25, -0.2) is 0 Å². The van der Waals surface area contributed by atoms with Crippen LogP contribution < -0.4 is 0 Å². The molecule has 12 heavy (non-hydrogen) atoms. The molecule has 0 spiro atoms. The molecule has 1 atom stereocenters. The molecule has 0 amide bonds. The largest absolute Gasteiger partial charge is 0.364 e. The minimum atomic E-state index is -0.967. The van der Waals surface area contributed by atoms with E-state index in [1.54, 1.807) is 6.92 Å². The van der Waals surface area contributed by atoms with E-state index in [-0.39, 0.29) is 4.20 Å². The Morgan fingerprint density at radius 1 is 1.58 bits per heavy atom. The smallest absolute Gasteiger partial charge is 0.232 e. The van der Waals surface area contributed by atoms with Crippen LogP contribution in [0.4, 0.5) is 0 Å². The van der Waals surface area contributed by atoms with Crippen LogP contribution in [0.5, 0.6) is 0 Å². The van der Waals surface area contributed by atoms with Gasteiger partial charge in [0.2, 0.25) is 5.78 Å². The molecule has 0 rings (SSSR count). The fraction of sp³-hybridized carbons (Fsp3) is 0.571. The average Bonchev–Trinajstić information content (AvgIpc) is 1.98. The van der Waals surface area contributed by atoms with Gasteiger partial charge in [-0.15, -0.1) is 12.6 Å². The second-order valence-electron chi connectivity index (χ2n) is 2.09. The third kappa shape index (κ3) is 3.42. The molecule has 0 radical (unpaired) electrons. The van der Waals surface area contributed by atoms with E-state index in [1.165, 1.54) is 6.92 Å². The lowest BCUT2D eigenvalue weighted by Gasteiger charge is -2.11. The zero-order chi connectivity index (χ0) is 9.72. The fourth-order valence-corrected chi connectivity index (χ4v) is 0.977. The summed E-state index contributed by atoms with van der Waals surface area (Å²) in [6.45, 7) is 3.22. The number of carbonyl (C=O) groups is 2. The Morgan fingerprint density at radius 2 is 2.08 bits per heavy atom. The van der Waals surface area contributed by atoms with Crippen LogP contribution in [0, 0.1) is 0 Å². The molecule has 68 valence electrons. The highest BCUT2D eigenvalue weighted by molar-refractivity contribution is 8.11. The molecular weight excluding hydrogens is 196 g/mol. The number of hydrogen-bond acceptors (Lipinski definition) is 4. The van der Waals surface area contributed by atoms with Gasteiger partial charge in [0, 0.05) is 13.5 Å². The molecule has 0 aromatic heterocycles. The first kappa shape index (κ1) is 11.7. The van der Waals surface area contributed by atoms with Crippen LogP contribution in [0.2, 0.25) is 0 Å². The van der Waals surface area contributed by atoms with Crippen LogP contribution in [-0.2, 0) is 14.3 Å². The van der Waals surface area contributed by atoms with Crippen molar-refractivity contribution in [2.24, 2.45) is 0 Å². The summed E-state index contributed by atoms with van der Waals surface area (Å²) in [5.41, 5.74) is 0. The van der Waals surface area contributed by atoms with Crippen LogP contribution >= 0.6 is 24.8 Å². The zero-order valence-corrected chi connectivity index (χ0v) is 8.58. The van der Waals surface area contributed by atoms with Crippen LogP contribution in [0.15, 0.2) is 0 Å². The molecule has 5 heteroatoms. The molecule has 1 unspecified atom stereocenters. The monoisotopic (exact) mass is 206 g/mol. The van der Waals surface area contributed by atoms with Crippen LogP contribution in [0.1, 0.15) is 13.8 Å². The zero-order valence-electron chi connectivity index (χ0n) is 6.86. The Hall–Kier alpha value is -0.260. The van der Waals surface area contributed by atoms with E-state index in [1.807, 2.05) is 0 Å². The standard InChI is InChI=1S/C7H10O3S2/c1-3-10-6(7(11)12)5(9)4(2)8/h6H,3H2,1-2H3,(H,11,12). The van der Waals surface area contributed by atoms with Crippen molar-refractivity contribution in [2.75, 3.05) is 6.61 Å². The Balaban J connectivity index is 4.40. The predicted octanol–water partition coefficient (Wildman–Crippen LogP) is 0.807. The van der Waals surface area contributed by atoms with Gasteiger partial charge < -0.3 is 4.74 Å². The molecule has 0 aromatic carbocycles. The number of ketones is 2. The molecule has 0 fully saturated rings. The molecule has 0 N–H and O–H groups in total. The fourth-order valence-electron chi connectivity index (χ4n) is 0.610. The molecule has 0 bridgehead atoms. The summed E-state index contributed by atoms with van der Waals surface area (Å²) in [5.74, 6) is -1.21. The van der Waals surface area contributed by atoms with Crippen molar-refractivity contribution in [1.29, 1.82) is 0 Å². The van der Waals surface area contributed by atoms with Gasteiger partial charge in [-0.3, -0.25) is 9.59 Å². The minimum absolute atomic E-state index is 0.0945. The number of hydrogen-bond donors (Lipinski definition) is 1. The summed E-state index contributed by atoms with van der Waals surface area (Å²) >= 11 is 8.44. The SMILES string of the molecule is CCOC(C(=O)C(C)=O)C(=S)S. The van der Waals surface area contributed by atoms with E-state index in [0.29, 0.717) is 6.61 Å². The van der Waals surface area contributed by atoms with E-state index >= 15 is 0 Å². The van der Waals surface area contributed by atoms with Crippen molar-refractivity contribution in [1.82, 2.24) is 0 Å². The topological polar surface area (TPSA) is 43.4 Å². The van der Waals surface area contributed by atoms with Crippen molar-refractivity contribution in [3.63, 3.8) is 0 Å². The lowest BCUT2D eigenvalue weighted by Crippen LogP contribution is -2.33. The highest BCUT2D eigenvalue weighted by Crippen LogP contribution is 2.02. The van der Waals surface area contributed by atoms with Gasteiger partial charge >= 0.3 is 0 Å². The second-order valence-corrected chi connectivity index (χ2v) is 3.32. The molecule has 0 saturated heterocycles. The predicted molar refractivity (Wildman–Crippen MR) is 52.7 cm³/mol. The maximum Gasteiger partial charge on any atom is 0.232 e. The third-order valence-corrected chi connectivity index (χ3v) is 1.59. The van der Waals surface area contributed by atoms with Gasteiger partial charge in [0.25, 0.3) is 0 Å². The molecule has 0 aliphatic rings. The summed E-state index contributed by atoms with van der Waals surface area (Å²) in [6.07, 6.45) is -0.967.